The Balaban J connectivity index is 2.09. The molecule has 0 heterocycles. The van der Waals surface area contributed by atoms with Gasteiger partial charge in [-0.1, -0.05) is 6.07 Å². The number of hydrogen-bond donors (Lipinski definition) is 0. The normalized spacial score (nSPS) is 11.1. The SMILES string of the molecule is CS(=O)(=O)c1ccc(SCc2ccc(F)c(C#N)c2)cc1. The van der Waals surface area contributed by atoms with Crippen LogP contribution in [0.1, 0.15) is 11.1 Å². The summed E-state index contributed by atoms with van der Waals surface area (Å²) in [6.07, 6.45) is 1.16. The number of nitriles is 1. The fraction of sp³-hybridized carbons (Fsp3) is 0.133. The number of halogens is 1. The van der Waals surface area contributed by atoms with Gasteiger partial charge in [-0.2, -0.15) is 5.26 Å². The first-order valence-electron chi connectivity index (χ1n) is 6.01. The van der Waals surface area contributed by atoms with Crippen molar-refractivity contribution < 1.29 is 12.8 Å². The minimum Gasteiger partial charge on any atom is -0.224 e. The third kappa shape index (κ3) is 4.06. The minimum absolute atomic E-state index is 0.0283. The summed E-state index contributed by atoms with van der Waals surface area (Å²) in [6.45, 7) is 0. The molecule has 0 fully saturated rings. The van der Waals surface area contributed by atoms with Crippen LogP contribution in [0, 0.1) is 17.1 Å². The lowest BCUT2D eigenvalue weighted by atomic mass is 10.1. The molecule has 21 heavy (non-hydrogen) atoms. The molecule has 2 rings (SSSR count). The minimum atomic E-state index is -3.19. The molecule has 0 saturated heterocycles. The maximum absolute atomic E-state index is 13.2. The molecule has 108 valence electrons. The van der Waals surface area contributed by atoms with Gasteiger partial charge in [0.05, 0.1) is 10.5 Å². The molecule has 3 nitrogen and oxygen atoms in total. The Bertz CT molecular complexity index is 793. The number of sulfone groups is 1. The van der Waals surface area contributed by atoms with Crippen LogP contribution in [0.5, 0.6) is 0 Å². The number of benzene rings is 2. The molecule has 0 aromatic heterocycles. The van der Waals surface area contributed by atoms with Crippen LogP contribution in [0.4, 0.5) is 4.39 Å². The number of thioether (sulfide) groups is 1. The number of hydrogen-bond acceptors (Lipinski definition) is 4. The zero-order valence-electron chi connectivity index (χ0n) is 11.2. The average Bonchev–Trinajstić information content (AvgIpc) is 2.46. The Kier molecular flexibility index (Phi) is 4.66. The van der Waals surface area contributed by atoms with Crippen LogP contribution in [0.2, 0.25) is 0 Å². The summed E-state index contributed by atoms with van der Waals surface area (Å²) in [5, 5.41) is 8.78. The first kappa shape index (κ1) is 15.5. The predicted molar refractivity (Wildman–Crippen MR) is 80.2 cm³/mol. The van der Waals surface area contributed by atoms with Crippen LogP contribution in [-0.2, 0) is 15.6 Å². The van der Waals surface area contributed by atoms with E-state index in [1.54, 1.807) is 36.4 Å². The second-order valence-corrected chi connectivity index (χ2v) is 7.52. The van der Waals surface area contributed by atoms with Crippen molar-refractivity contribution in [1.82, 2.24) is 0 Å². The van der Waals surface area contributed by atoms with Crippen LogP contribution in [-0.4, -0.2) is 14.7 Å². The molecule has 0 aliphatic carbocycles. The summed E-state index contributed by atoms with van der Waals surface area (Å²) >= 11 is 1.49. The Morgan fingerprint density at radius 3 is 2.43 bits per heavy atom. The molecule has 0 unspecified atom stereocenters. The fourth-order valence-corrected chi connectivity index (χ4v) is 3.17. The zero-order valence-corrected chi connectivity index (χ0v) is 12.8. The van der Waals surface area contributed by atoms with E-state index in [1.807, 2.05) is 0 Å². The molecule has 0 aliphatic heterocycles. The summed E-state index contributed by atoms with van der Waals surface area (Å²) in [5.41, 5.74) is 0.866. The molecule has 0 bridgehead atoms. The van der Waals surface area contributed by atoms with Crippen molar-refractivity contribution in [2.24, 2.45) is 0 Å². The Hall–Kier alpha value is -1.84. The molecule has 0 atom stereocenters. The molecular formula is C15H12FNO2S2. The third-order valence-electron chi connectivity index (χ3n) is 2.81. The van der Waals surface area contributed by atoms with E-state index in [0.717, 1.165) is 16.7 Å². The smallest absolute Gasteiger partial charge is 0.175 e. The molecule has 0 aliphatic rings. The van der Waals surface area contributed by atoms with Crippen molar-refractivity contribution in [3.05, 3.63) is 59.4 Å². The van der Waals surface area contributed by atoms with Gasteiger partial charge in [0.1, 0.15) is 11.9 Å². The maximum Gasteiger partial charge on any atom is 0.175 e. The Labute approximate surface area is 127 Å². The van der Waals surface area contributed by atoms with Crippen LogP contribution >= 0.6 is 11.8 Å². The van der Waals surface area contributed by atoms with Gasteiger partial charge in [0.15, 0.2) is 9.84 Å². The summed E-state index contributed by atoms with van der Waals surface area (Å²) in [6, 6.07) is 12.8. The van der Waals surface area contributed by atoms with E-state index in [9.17, 15) is 12.8 Å². The van der Waals surface area contributed by atoms with Gasteiger partial charge in [-0.25, -0.2) is 12.8 Å². The molecule has 0 saturated carbocycles. The van der Waals surface area contributed by atoms with E-state index in [1.165, 1.54) is 23.9 Å². The van der Waals surface area contributed by atoms with Gasteiger partial charge < -0.3 is 0 Å². The topological polar surface area (TPSA) is 57.9 Å². The summed E-state index contributed by atoms with van der Waals surface area (Å²) < 4.78 is 35.9. The van der Waals surface area contributed by atoms with Gasteiger partial charge in [0.25, 0.3) is 0 Å². The van der Waals surface area contributed by atoms with Crippen molar-refractivity contribution in [2.75, 3.05) is 6.26 Å². The highest BCUT2D eigenvalue weighted by Crippen LogP contribution is 2.25. The predicted octanol–water partition coefficient (Wildman–Crippen LogP) is 3.39. The van der Waals surface area contributed by atoms with Crippen molar-refractivity contribution in [3.8, 4) is 6.07 Å². The van der Waals surface area contributed by atoms with Crippen molar-refractivity contribution in [2.45, 2.75) is 15.5 Å². The van der Waals surface area contributed by atoms with Gasteiger partial charge in [0, 0.05) is 16.9 Å². The molecular weight excluding hydrogens is 309 g/mol. The lowest BCUT2D eigenvalue weighted by Crippen LogP contribution is -1.96. The summed E-state index contributed by atoms with van der Waals surface area (Å²) in [5.74, 6) is 0.0523. The molecule has 0 radical (unpaired) electrons. The van der Waals surface area contributed by atoms with Gasteiger partial charge in [-0.15, -0.1) is 11.8 Å². The quantitative estimate of drug-likeness (QED) is 0.810. The van der Waals surface area contributed by atoms with Crippen molar-refractivity contribution >= 4 is 21.6 Å². The van der Waals surface area contributed by atoms with Gasteiger partial charge >= 0.3 is 0 Å². The lowest BCUT2D eigenvalue weighted by molar-refractivity contribution is 0.602. The van der Waals surface area contributed by atoms with Crippen LogP contribution in [0.25, 0.3) is 0 Å². The van der Waals surface area contributed by atoms with E-state index < -0.39 is 15.7 Å². The summed E-state index contributed by atoms with van der Waals surface area (Å²) in [7, 11) is -3.19. The highest BCUT2D eigenvalue weighted by atomic mass is 32.2. The Morgan fingerprint density at radius 1 is 1.19 bits per heavy atom. The third-order valence-corrected chi connectivity index (χ3v) is 5.02. The van der Waals surface area contributed by atoms with Crippen LogP contribution in [0.15, 0.2) is 52.3 Å². The largest absolute Gasteiger partial charge is 0.224 e. The highest BCUT2D eigenvalue weighted by molar-refractivity contribution is 7.98. The van der Waals surface area contributed by atoms with E-state index >= 15 is 0 Å². The standard InChI is InChI=1S/C15H12FNO2S2/c1-21(18,19)14-5-3-13(4-6-14)20-10-11-2-7-15(16)12(8-11)9-17/h2-8H,10H2,1H3. The first-order chi connectivity index (χ1) is 9.90. The van der Waals surface area contributed by atoms with E-state index in [0.29, 0.717) is 5.75 Å². The Morgan fingerprint density at radius 2 is 1.86 bits per heavy atom. The van der Waals surface area contributed by atoms with Crippen molar-refractivity contribution in [1.29, 1.82) is 5.26 Å². The number of nitrogens with zero attached hydrogens (tertiary/aromatic N) is 1. The first-order valence-corrected chi connectivity index (χ1v) is 8.89. The van der Waals surface area contributed by atoms with Crippen LogP contribution in [0.3, 0.4) is 0 Å². The molecule has 6 heteroatoms. The average molecular weight is 321 g/mol. The van der Waals surface area contributed by atoms with E-state index in [-0.39, 0.29) is 10.5 Å². The highest BCUT2D eigenvalue weighted by Gasteiger charge is 2.07. The van der Waals surface area contributed by atoms with Gasteiger partial charge in [-0.05, 0) is 42.0 Å². The molecule has 0 N–H and O–H groups in total. The van der Waals surface area contributed by atoms with Gasteiger partial charge in [0.2, 0.25) is 0 Å². The monoisotopic (exact) mass is 321 g/mol. The molecule has 0 spiro atoms. The molecule has 2 aromatic carbocycles. The van der Waals surface area contributed by atoms with Crippen LogP contribution < -0.4 is 0 Å². The molecule has 2 aromatic rings. The lowest BCUT2D eigenvalue weighted by Gasteiger charge is -2.04. The van der Waals surface area contributed by atoms with E-state index in [4.69, 9.17) is 5.26 Å². The fourth-order valence-electron chi connectivity index (χ4n) is 1.70. The molecule has 0 amide bonds. The second-order valence-electron chi connectivity index (χ2n) is 4.46. The summed E-state index contributed by atoms with van der Waals surface area (Å²) in [4.78, 5) is 1.19. The maximum atomic E-state index is 13.2. The van der Waals surface area contributed by atoms with Crippen molar-refractivity contribution in [3.63, 3.8) is 0 Å². The van der Waals surface area contributed by atoms with E-state index in [2.05, 4.69) is 0 Å². The second kappa shape index (κ2) is 6.29. The van der Waals surface area contributed by atoms with Gasteiger partial charge in [-0.3, -0.25) is 0 Å². The number of rotatable bonds is 4. The zero-order chi connectivity index (χ0) is 15.5.